The third-order valence-corrected chi connectivity index (χ3v) is 5.70. The molecule has 0 saturated heterocycles. The zero-order valence-corrected chi connectivity index (χ0v) is 12.7. The van der Waals surface area contributed by atoms with Crippen molar-refractivity contribution < 1.29 is 4.74 Å². The van der Waals surface area contributed by atoms with Gasteiger partial charge >= 0.3 is 0 Å². The fourth-order valence-corrected chi connectivity index (χ4v) is 4.40. The molecule has 0 radical (unpaired) electrons. The smallest absolute Gasteiger partial charge is 0.124 e. The normalized spacial score (nSPS) is 23.3. The van der Waals surface area contributed by atoms with Crippen LogP contribution in [-0.4, -0.2) is 11.9 Å². The lowest BCUT2D eigenvalue weighted by atomic mass is 10.0. The molecule has 108 valence electrons. The molecule has 2 aromatic rings. The SMILES string of the molecule is NC1c2ccccc2OCC1Sc1ccc2c(c1)CCC2. The van der Waals surface area contributed by atoms with Crippen LogP contribution in [0.3, 0.4) is 0 Å². The Morgan fingerprint density at radius 1 is 1.05 bits per heavy atom. The predicted molar refractivity (Wildman–Crippen MR) is 87.0 cm³/mol. The van der Waals surface area contributed by atoms with Crippen LogP contribution in [-0.2, 0) is 12.8 Å². The van der Waals surface area contributed by atoms with Crippen LogP contribution in [0, 0.1) is 0 Å². The van der Waals surface area contributed by atoms with E-state index in [4.69, 9.17) is 10.5 Å². The molecule has 1 aliphatic carbocycles. The van der Waals surface area contributed by atoms with Gasteiger partial charge in [0.25, 0.3) is 0 Å². The van der Waals surface area contributed by atoms with Crippen molar-refractivity contribution in [3.05, 3.63) is 59.2 Å². The lowest BCUT2D eigenvalue weighted by molar-refractivity contribution is 0.276. The number of hydrogen-bond donors (Lipinski definition) is 1. The maximum absolute atomic E-state index is 6.45. The number of thioether (sulfide) groups is 1. The number of ether oxygens (including phenoxy) is 1. The molecule has 1 heterocycles. The van der Waals surface area contributed by atoms with Crippen molar-refractivity contribution in [3.63, 3.8) is 0 Å². The average Bonchev–Trinajstić information content (AvgIpc) is 2.98. The molecule has 0 bridgehead atoms. The molecule has 3 heteroatoms. The van der Waals surface area contributed by atoms with Crippen molar-refractivity contribution in [1.29, 1.82) is 0 Å². The first kappa shape index (κ1) is 13.2. The lowest BCUT2D eigenvalue weighted by Crippen LogP contribution is -2.33. The summed E-state index contributed by atoms with van der Waals surface area (Å²) >= 11 is 1.85. The summed E-state index contributed by atoms with van der Waals surface area (Å²) in [5, 5.41) is 0.277. The van der Waals surface area contributed by atoms with Crippen molar-refractivity contribution in [2.45, 2.75) is 35.4 Å². The molecule has 0 spiro atoms. The fourth-order valence-electron chi connectivity index (χ4n) is 3.27. The third kappa shape index (κ3) is 2.45. The first-order valence-corrected chi connectivity index (χ1v) is 8.45. The molecule has 2 unspecified atom stereocenters. The summed E-state index contributed by atoms with van der Waals surface area (Å²) in [5.74, 6) is 0.941. The number of aryl methyl sites for hydroxylation is 2. The average molecular weight is 297 g/mol. The number of hydrogen-bond acceptors (Lipinski definition) is 3. The highest BCUT2D eigenvalue weighted by Gasteiger charge is 2.28. The highest BCUT2D eigenvalue weighted by molar-refractivity contribution is 8.00. The van der Waals surface area contributed by atoms with Crippen LogP contribution >= 0.6 is 11.8 Å². The van der Waals surface area contributed by atoms with Crippen molar-refractivity contribution in [2.24, 2.45) is 5.73 Å². The molecule has 2 aromatic carbocycles. The maximum Gasteiger partial charge on any atom is 0.124 e. The zero-order chi connectivity index (χ0) is 14.2. The molecule has 0 saturated carbocycles. The summed E-state index contributed by atoms with van der Waals surface area (Å²) in [5.41, 5.74) is 10.6. The van der Waals surface area contributed by atoms with E-state index in [1.54, 1.807) is 0 Å². The molecule has 2 aliphatic rings. The van der Waals surface area contributed by atoms with Gasteiger partial charge in [0.2, 0.25) is 0 Å². The minimum absolute atomic E-state index is 0.0354. The first-order valence-electron chi connectivity index (χ1n) is 7.57. The number of rotatable bonds is 2. The Balaban J connectivity index is 1.56. The number of fused-ring (bicyclic) bond motifs is 2. The molecular weight excluding hydrogens is 278 g/mol. The Bertz CT molecular complexity index is 670. The van der Waals surface area contributed by atoms with Gasteiger partial charge in [0.05, 0.1) is 5.25 Å². The maximum atomic E-state index is 6.45. The van der Waals surface area contributed by atoms with E-state index in [1.807, 2.05) is 30.0 Å². The van der Waals surface area contributed by atoms with Gasteiger partial charge in [-0.3, -0.25) is 0 Å². The van der Waals surface area contributed by atoms with Gasteiger partial charge in [0, 0.05) is 16.5 Å². The Morgan fingerprint density at radius 2 is 1.90 bits per heavy atom. The Labute approximate surface area is 129 Å². The summed E-state index contributed by atoms with van der Waals surface area (Å²) in [6.07, 6.45) is 3.75. The number of benzene rings is 2. The third-order valence-electron chi connectivity index (χ3n) is 4.44. The van der Waals surface area contributed by atoms with E-state index in [0.717, 1.165) is 11.3 Å². The number of nitrogens with two attached hydrogens (primary N) is 1. The van der Waals surface area contributed by atoms with E-state index < -0.39 is 0 Å². The molecule has 0 aromatic heterocycles. The molecule has 2 nitrogen and oxygen atoms in total. The Kier molecular flexibility index (Phi) is 3.40. The van der Waals surface area contributed by atoms with E-state index in [0.29, 0.717) is 6.61 Å². The molecule has 2 N–H and O–H groups in total. The van der Waals surface area contributed by atoms with Gasteiger partial charge in [0.15, 0.2) is 0 Å². The van der Waals surface area contributed by atoms with E-state index in [-0.39, 0.29) is 11.3 Å². The van der Waals surface area contributed by atoms with Crippen molar-refractivity contribution in [3.8, 4) is 5.75 Å². The van der Waals surface area contributed by atoms with Crippen LogP contribution in [0.5, 0.6) is 5.75 Å². The van der Waals surface area contributed by atoms with Crippen LogP contribution < -0.4 is 10.5 Å². The zero-order valence-electron chi connectivity index (χ0n) is 11.9. The molecule has 21 heavy (non-hydrogen) atoms. The number of para-hydroxylation sites is 1. The summed E-state index contributed by atoms with van der Waals surface area (Å²) in [4.78, 5) is 1.32. The molecule has 4 rings (SSSR count). The summed E-state index contributed by atoms with van der Waals surface area (Å²) < 4.78 is 5.87. The topological polar surface area (TPSA) is 35.2 Å². The monoisotopic (exact) mass is 297 g/mol. The van der Waals surface area contributed by atoms with Gasteiger partial charge in [-0.05, 0) is 48.6 Å². The quantitative estimate of drug-likeness (QED) is 0.917. The van der Waals surface area contributed by atoms with Crippen molar-refractivity contribution >= 4 is 11.8 Å². The van der Waals surface area contributed by atoms with Gasteiger partial charge in [-0.25, -0.2) is 0 Å². The Hall–Kier alpha value is -1.45. The second-order valence-electron chi connectivity index (χ2n) is 5.81. The highest BCUT2D eigenvalue weighted by Crippen LogP contribution is 2.39. The minimum atomic E-state index is 0.0354. The lowest BCUT2D eigenvalue weighted by Gasteiger charge is -2.30. The van der Waals surface area contributed by atoms with E-state index in [9.17, 15) is 0 Å². The van der Waals surface area contributed by atoms with Gasteiger partial charge in [0.1, 0.15) is 12.4 Å². The van der Waals surface area contributed by atoms with Crippen LogP contribution in [0.25, 0.3) is 0 Å². The van der Waals surface area contributed by atoms with Crippen LogP contribution in [0.4, 0.5) is 0 Å². The van der Waals surface area contributed by atoms with Gasteiger partial charge in [-0.15, -0.1) is 11.8 Å². The Morgan fingerprint density at radius 3 is 2.86 bits per heavy atom. The minimum Gasteiger partial charge on any atom is -0.492 e. The molecule has 0 fully saturated rings. The summed E-state index contributed by atoms with van der Waals surface area (Å²) in [6.45, 7) is 0.680. The highest BCUT2D eigenvalue weighted by atomic mass is 32.2. The van der Waals surface area contributed by atoms with Gasteiger partial charge in [-0.1, -0.05) is 24.3 Å². The molecular formula is C18H19NOS. The standard InChI is InChI=1S/C18H19NOS/c19-18-15-6-1-2-7-16(15)20-11-17(18)21-14-9-8-12-4-3-5-13(12)10-14/h1-2,6-10,17-18H,3-5,11,19H2. The molecule has 1 aliphatic heterocycles. The van der Waals surface area contributed by atoms with Crippen LogP contribution in [0.15, 0.2) is 47.4 Å². The van der Waals surface area contributed by atoms with E-state index in [1.165, 1.54) is 35.3 Å². The van der Waals surface area contributed by atoms with E-state index in [2.05, 4.69) is 24.3 Å². The summed E-state index contributed by atoms with van der Waals surface area (Å²) in [6, 6.07) is 15.0. The van der Waals surface area contributed by atoms with Gasteiger partial charge in [-0.2, -0.15) is 0 Å². The van der Waals surface area contributed by atoms with Crippen molar-refractivity contribution in [2.75, 3.05) is 6.61 Å². The van der Waals surface area contributed by atoms with Crippen molar-refractivity contribution in [1.82, 2.24) is 0 Å². The largest absolute Gasteiger partial charge is 0.492 e. The van der Waals surface area contributed by atoms with Crippen LogP contribution in [0.2, 0.25) is 0 Å². The fraction of sp³-hybridized carbons (Fsp3) is 0.333. The molecule has 0 amide bonds. The van der Waals surface area contributed by atoms with Crippen LogP contribution in [0.1, 0.15) is 29.2 Å². The second kappa shape index (κ2) is 5.39. The second-order valence-corrected chi connectivity index (χ2v) is 7.13. The molecule has 2 atom stereocenters. The van der Waals surface area contributed by atoms with E-state index >= 15 is 0 Å². The first-order chi connectivity index (χ1) is 10.3. The summed E-state index contributed by atoms with van der Waals surface area (Å²) in [7, 11) is 0. The van der Waals surface area contributed by atoms with Gasteiger partial charge < -0.3 is 10.5 Å². The predicted octanol–water partition coefficient (Wildman–Crippen LogP) is 3.73.